The van der Waals surface area contributed by atoms with Crippen molar-refractivity contribution in [1.82, 2.24) is 0 Å². The lowest BCUT2D eigenvalue weighted by Crippen LogP contribution is -2.20. The molecule has 1 unspecified atom stereocenters. The first-order valence-corrected chi connectivity index (χ1v) is 10.4. The van der Waals surface area contributed by atoms with Crippen molar-refractivity contribution >= 4 is 24.9 Å². The molecule has 0 aromatic heterocycles. The van der Waals surface area contributed by atoms with Gasteiger partial charge in [0.2, 0.25) is 0 Å². The minimum atomic E-state index is -3.77. The molecule has 0 amide bonds. The minimum absolute atomic E-state index is 0.206. The highest BCUT2D eigenvalue weighted by molar-refractivity contribution is 7.54. The Labute approximate surface area is 159 Å². The van der Waals surface area contributed by atoms with E-state index >= 15 is 0 Å². The van der Waals surface area contributed by atoms with Gasteiger partial charge in [0, 0.05) is 16.3 Å². The zero-order valence-electron chi connectivity index (χ0n) is 15.3. The number of hydrogen-bond donors (Lipinski definition) is 1. The van der Waals surface area contributed by atoms with E-state index in [0.29, 0.717) is 10.7 Å². The fraction of sp³-hybridized carbons (Fsp3) is 0.368. The van der Waals surface area contributed by atoms with E-state index < -0.39 is 19.2 Å². The Morgan fingerprint density at radius 2 is 1.62 bits per heavy atom. The number of halogens is 2. The lowest BCUT2D eigenvalue weighted by molar-refractivity contribution is 0.137. The lowest BCUT2D eigenvalue weighted by Gasteiger charge is -2.31. The van der Waals surface area contributed by atoms with Gasteiger partial charge in [-0.3, -0.25) is 4.57 Å². The van der Waals surface area contributed by atoms with E-state index in [1.165, 1.54) is 6.07 Å². The molecule has 0 radical (unpaired) electrons. The van der Waals surface area contributed by atoms with Crippen LogP contribution in [0.3, 0.4) is 0 Å². The van der Waals surface area contributed by atoms with E-state index in [1.54, 1.807) is 70.2 Å². The van der Waals surface area contributed by atoms with Crippen LogP contribution in [0.4, 0.5) is 10.1 Å². The van der Waals surface area contributed by atoms with Crippen molar-refractivity contribution in [3.63, 3.8) is 0 Å². The summed E-state index contributed by atoms with van der Waals surface area (Å²) >= 11 is 6.04. The van der Waals surface area contributed by atoms with Crippen LogP contribution in [0, 0.1) is 5.82 Å². The Morgan fingerprint density at radius 3 is 2.15 bits per heavy atom. The lowest BCUT2D eigenvalue weighted by atomic mass is 10.2. The zero-order chi connectivity index (χ0) is 19.3. The zero-order valence-corrected chi connectivity index (χ0v) is 16.9. The average molecular weight is 400 g/mol. The number of anilines is 1. The summed E-state index contributed by atoms with van der Waals surface area (Å²) in [6.07, 6.45) is -0.731. The monoisotopic (exact) mass is 399 g/mol. The molecule has 1 N–H and O–H groups in total. The summed E-state index contributed by atoms with van der Waals surface area (Å²) < 4.78 is 39.6. The van der Waals surface area contributed by atoms with Crippen LogP contribution in [0.5, 0.6) is 0 Å². The highest BCUT2D eigenvalue weighted by Crippen LogP contribution is 2.62. The number of rotatable bonds is 8. The summed E-state index contributed by atoms with van der Waals surface area (Å²) in [5.41, 5.74) is 0.794. The Bertz CT molecular complexity index is 771. The van der Waals surface area contributed by atoms with Gasteiger partial charge >= 0.3 is 7.60 Å². The smallest absolute Gasteiger partial charge is 0.357 e. The molecule has 2 aromatic rings. The highest BCUT2D eigenvalue weighted by atomic mass is 35.5. The second kappa shape index (κ2) is 9.01. The summed E-state index contributed by atoms with van der Waals surface area (Å²) in [5.74, 6) is -1.51. The third-order valence-corrected chi connectivity index (χ3v) is 6.07. The largest absolute Gasteiger partial charge is 0.368 e. The average Bonchev–Trinajstić information content (AvgIpc) is 2.52. The molecule has 0 saturated heterocycles. The Morgan fingerprint density at radius 1 is 1.00 bits per heavy atom. The predicted molar refractivity (Wildman–Crippen MR) is 104 cm³/mol. The van der Waals surface area contributed by atoms with Gasteiger partial charge in [-0.2, -0.15) is 0 Å². The first kappa shape index (κ1) is 20.9. The molecule has 0 fully saturated rings. The van der Waals surface area contributed by atoms with Crippen LogP contribution < -0.4 is 5.32 Å². The summed E-state index contributed by atoms with van der Waals surface area (Å²) in [4.78, 5) is 0. The molecule has 0 bridgehead atoms. The van der Waals surface area contributed by atoms with Crippen molar-refractivity contribution in [1.29, 1.82) is 0 Å². The minimum Gasteiger partial charge on any atom is -0.368 e. The van der Waals surface area contributed by atoms with Crippen LogP contribution in [0.2, 0.25) is 5.02 Å². The summed E-state index contributed by atoms with van der Waals surface area (Å²) in [5, 5.41) is 3.60. The Kier molecular flexibility index (Phi) is 7.24. The molecule has 0 aliphatic rings. The van der Waals surface area contributed by atoms with Crippen LogP contribution >= 0.6 is 19.2 Å². The number of benzene rings is 2. The SMILES string of the molecule is CC(C)OP(=O)(OC(C)C)C(Nc1cccc(Cl)c1)c1ccccc1F. The van der Waals surface area contributed by atoms with Crippen LogP contribution in [0.1, 0.15) is 39.0 Å². The van der Waals surface area contributed by atoms with Gasteiger partial charge in [-0.05, 0) is 52.0 Å². The summed E-state index contributed by atoms with van der Waals surface area (Å²) in [7, 11) is -3.77. The van der Waals surface area contributed by atoms with E-state index in [-0.39, 0.29) is 17.8 Å². The normalized spacial score (nSPS) is 13.2. The van der Waals surface area contributed by atoms with E-state index in [4.69, 9.17) is 20.6 Å². The molecule has 0 heterocycles. The van der Waals surface area contributed by atoms with Gasteiger partial charge in [-0.15, -0.1) is 0 Å². The third kappa shape index (κ3) is 5.55. The molecule has 2 rings (SSSR count). The molecule has 26 heavy (non-hydrogen) atoms. The van der Waals surface area contributed by atoms with Crippen molar-refractivity contribution in [2.75, 3.05) is 5.32 Å². The maximum absolute atomic E-state index is 14.5. The van der Waals surface area contributed by atoms with Gasteiger partial charge in [-0.25, -0.2) is 4.39 Å². The fourth-order valence-corrected chi connectivity index (χ4v) is 5.01. The summed E-state index contributed by atoms with van der Waals surface area (Å²) in [6.45, 7) is 7.03. The first-order chi connectivity index (χ1) is 12.2. The van der Waals surface area contributed by atoms with Gasteiger partial charge in [0.25, 0.3) is 0 Å². The summed E-state index contributed by atoms with van der Waals surface area (Å²) in [6, 6.07) is 13.0. The van der Waals surface area contributed by atoms with Gasteiger partial charge in [0.15, 0.2) is 5.78 Å². The van der Waals surface area contributed by atoms with Gasteiger partial charge in [-0.1, -0.05) is 35.9 Å². The van der Waals surface area contributed by atoms with Crippen molar-refractivity contribution < 1.29 is 18.0 Å². The van der Waals surface area contributed by atoms with Crippen molar-refractivity contribution in [2.24, 2.45) is 0 Å². The third-order valence-electron chi connectivity index (χ3n) is 3.36. The van der Waals surface area contributed by atoms with Crippen molar-refractivity contribution in [2.45, 2.75) is 45.7 Å². The molecular formula is C19H24ClFNO3P. The van der Waals surface area contributed by atoms with Gasteiger partial charge in [0.1, 0.15) is 5.82 Å². The van der Waals surface area contributed by atoms with Crippen molar-refractivity contribution in [3.8, 4) is 0 Å². The number of nitrogens with one attached hydrogen (secondary N) is 1. The molecule has 2 aromatic carbocycles. The number of hydrogen-bond acceptors (Lipinski definition) is 4. The van der Waals surface area contributed by atoms with Crippen LogP contribution in [-0.2, 0) is 13.6 Å². The molecule has 0 saturated carbocycles. The van der Waals surface area contributed by atoms with Gasteiger partial charge in [0.05, 0.1) is 12.2 Å². The second-order valence-corrected chi connectivity index (χ2v) is 8.88. The molecule has 1 atom stereocenters. The van der Waals surface area contributed by atoms with Crippen LogP contribution in [-0.4, -0.2) is 12.2 Å². The standard InChI is InChI=1S/C19H24ClFNO3P/c1-13(2)24-26(23,25-14(3)4)19(17-10-5-6-11-18(17)21)22-16-9-7-8-15(20)12-16/h5-14,19,22H,1-4H3. The van der Waals surface area contributed by atoms with E-state index in [0.717, 1.165) is 0 Å². The fourth-order valence-electron chi connectivity index (χ4n) is 2.49. The quantitative estimate of drug-likeness (QED) is 0.506. The molecule has 0 spiro atoms. The van der Waals surface area contributed by atoms with E-state index in [1.807, 2.05) is 0 Å². The van der Waals surface area contributed by atoms with Gasteiger partial charge < -0.3 is 14.4 Å². The van der Waals surface area contributed by atoms with Crippen molar-refractivity contribution in [3.05, 3.63) is 64.9 Å². The highest BCUT2D eigenvalue weighted by Gasteiger charge is 2.40. The molecular weight excluding hydrogens is 376 g/mol. The topological polar surface area (TPSA) is 47.6 Å². The van der Waals surface area contributed by atoms with Crippen LogP contribution in [0.15, 0.2) is 48.5 Å². The Hall–Kier alpha value is -1.39. The predicted octanol–water partition coefficient (Wildman–Crippen LogP) is 6.63. The maximum Gasteiger partial charge on any atom is 0.357 e. The maximum atomic E-state index is 14.5. The second-order valence-electron chi connectivity index (χ2n) is 6.43. The van der Waals surface area contributed by atoms with Crippen LogP contribution in [0.25, 0.3) is 0 Å². The molecule has 0 aliphatic carbocycles. The molecule has 142 valence electrons. The van der Waals surface area contributed by atoms with E-state index in [2.05, 4.69) is 5.32 Å². The first-order valence-electron chi connectivity index (χ1n) is 8.44. The molecule has 0 aliphatic heterocycles. The van der Waals surface area contributed by atoms with E-state index in [9.17, 15) is 8.96 Å². The Balaban J connectivity index is 2.53. The molecule has 4 nitrogen and oxygen atoms in total. The molecule has 7 heteroatoms.